The van der Waals surface area contributed by atoms with Crippen LogP contribution in [0, 0.1) is 13.8 Å². The van der Waals surface area contributed by atoms with Crippen molar-refractivity contribution in [3.8, 4) is 5.69 Å². The van der Waals surface area contributed by atoms with Crippen molar-refractivity contribution in [3.05, 3.63) is 69.5 Å². The summed E-state index contributed by atoms with van der Waals surface area (Å²) in [7, 11) is 1.61. The molecule has 1 saturated carbocycles. The lowest BCUT2D eigenvalue weighted by atomic mass is 10.1. The number of aryl methyl sites for hydroxylation is 2. The number of hydrogen-bond donors (Lipinski definition) is 1. The van der Waals surface area contributed by atoms with Gasteiger partial charge in [-0.3, -0.25) is 9.59 Å². The number of amides is 2. The Labute approximate surface area is 189 Å². The number of carbonyl (C=O) groups is 2. The van der Waals surface area contributed by atoms with Gasteiger partial charge in [0.15, 0.2) is 5.69 Å². The minimum Gasteiger partial charge on any atom is -0.331 e. The molecule has 1 N–H and O–H groups in total. The summed E-state index contributed by atoms with van der Waals surface area (Å²) in [4.78, 5) is 27.1. The predicted molar refractivity (Wildman–Crippen MR) is 123 cm³/mol. The SMILES string of the molecule is Cc1cccc(C)c1NC(=O)CN(C)C(=O)c1nnn(-c2ccc(Br)cc2)c1C1CC1. The quantitative estimate of drug-likeness (QED) is 0.570. The molecule has 31 heavy (non-hydrogen) atoms. The third kappa shape index (κ3) is 4.54. The summed E-state index contributed by atoms with van der Waals surface area (Å²) in [5.74, 6) is -0.294. The summed E-state index contributed by atoms with van der Waals surface area (Å²) in [6.07, 6.45) is 2.00. The molecule has 0 unspecified atom stereocenters. The van der Waals surface area contributed by atoms with Gasteiger partial charge in [-0.15, -0.1) is 5.10 Å². The van der Waals surface area contributed by atoms with E-state index in [-0.39, 0.29) is 24.3 Å². The lowest BCUT2D eigenvalue weighted by Gasteiger charge is -2.18. The molecule has 1 aliphatic carbocycles. The van der Waals surface area contributed by atoms with Gasteiger partial charge in [-0.2, -0.15) is 0 Å². The number of likely N-dealkylation sites (N-methyl/N-ethyl adjacent to an activating group) is 1. The fraction of sp³-hybridized carbons (Fsp3) is 0.304. The van der Waals surface area contributed by atoms with Crippen LogP contribution in [-0.2, 0) is 4.79 Å². The van der Waals surface area contributed by atoms with Crippen LogP contribution >= 0.6 is 15.9 Å². The van der Waals surface area contributed by atoms with Crippen LogP contribution in [0.15, 0.2) is 46.9 Å². The normalized spacial score (nSPS) is 13.2. The molecule has 2 aromatic carbocycles. The molecule has 4 rings (SSSR count). The van der Waals surface area contributed by atoms with E-state index in [9.17, 15) is 9.59 Å². The Morgan fingerprint density at radius 1 is 1.13 bits per heavy atom. The van der Waals surface area contributed by atoms with Gasteiger partial charge in [0.05, 0.1) is 17.9 Å². The Hall–Kier alpha value is -3.00. The fourth-order valence-corrected chi connectivity index (χ4v) is 3.86. The fourth-order valence-electron chi connectivity index (χ4n) is 3.60. The molecule has 0 spiro atoms. The third-order valence-corrected chi connectivity index (χ3v) is 5.94. The molecule has 3 aromatic rings. The van der Waals surface area contributed by atoms with Crippen molar-refractivity contribution in [1.29, 1.82) is 0 Å². The Balaban J connectivity index is 1.52. The van der Waals surface area contributed by atoms with E-state index in [1.165, 1.54) is 4.90 Å². The minimum atomic E-state index is -0.304. The van der Waals surface area contributed by atoms with E-state index < -0.39 is 0 Å². The molecule has 0 saturated heterocycles. The van der Waals surface area contributed by atoms with Gasteiger partial charge in [-0.05, 0) is 62.1 Å². The van der Waals surface area contributed by atoms with Crippen LogP contribution in [0.25, 0.3) is 5.69 Å². The van der Waals surface area contributed by atoms with Crippen LogP contribution in [0.5, 0.6) is 0 Å². The monoisotopic (exact) mass is 481 g/mol. The van der Waals surface area contributed by atoms with E-state index >= 15 is 0 Å². The molecule has 1 fully saturated rings. The highest BCUT2D eigenvalue weighted by molar-refractivity contribution is 9.10. The first-order chi connectivity index (χ1) is 14.8. The van der Waals surface area contributed by atoms with Crippen LogP contribution in [-0.4, -0.2) is 45.3 Å². The first-order valence-electron chi connectivity index (χ1n) is 10.2. The average molecular weight is 482 g/mol. The summed E-state index contributed by atoms with van der Waals surface area (Å²) in [5, 5.41) is 11.4. The number of halogens is 1. The van der Waals surface area contributed by atoms with Gasteiger partial charge in [0, 0.05) is 23.1 Å². The number of benzene rings is 2. The Bertz CT molecular complexity index is 1120. The minimum absolute atomic E-state index is 0.0676. The van der Waals surface area contributed by atoms with Crippen molar-refractivity contribution in [2.75, 3.05) is 18.9 Å². The van der Waals surface area contributed by atoms with Crippen molar-refractivity contribution in [1.82, 2.24) is 19.9 Å². The van der Waals surface area contributed by atoms with Crippen LogP contribution in [0.1, 0.15) is 46.1 Å². The number of rotatable bonds is 6. The van der Waals surface area contributed by atoms with Crippen LogP contribution in [0.2, 0.25) is 0 Å². The standard InChI is InChI=1S/C23H24BrN5O2/c1-14-5-4-6-15(2)20(14)25-19(30)13-28(3)23(31)21-22(16-7-8-16)29(27-26-21)18-11-9-17(24)10-12-18/h4-6,9-12,16H,7-8,13H2,1-3H3,(H,25,30). The van der Waals surface area contributed by atoms with E-state index in [1.807, 2.05) is 56.3 Å². The lowest BCUT2D eigenvalue weighted by molar-refractivity contribution is -0.116. The lowest BCUT2D eigenvalue weighted by Crippen LogP contribution is -2.35. The van der Waals surface area contributed by atoms with E-state index in [4.69, 9.17) is 0 Å². The van der Waals surface area contributed by atoms with Crippen molar-refractivity contribution in [2.45, 2.75) is 32.6 Å². The first-order valence-corrected chi connectivity index (χ1v) is 11.0. The Morgan fingerprint density at radius 2 is 1.77 bits per heavy atom. The zero-order valence-electron chi connectivity index (χ0n) is 17.7. The maximum absolute atomic E-state index is 13.1. The maximum atomic E-state index is 13.1. The van der Waals surface area contributed by atoms with Crippen LogP contribution in [0.3, 0.4) is 0 Å². The molecule has 8 heteroatoms. The van der Waals surface area contributed by atoms with Crippen molar-refractivity contribution >= 4 is 33.4 Å². The number of para-hydroxylation sites is 1. The highest BCUT2D eigenvalue weighted by Gasteiger charge is 2.35. The average Bonchev–Trinajstić information content (AvgIpc) is 3.49. The van der Waals surface area contributed by atoms with E-state index in [0.717, 1.165) is 45.5 Å². The number of nitrogens with one attached hydrogen (secondary N) is 1. The van der Waals surface area contributed by atoms with Gasteiger partial charge in [-0.25, -0.2) is 4.68 Å². The van der Waals surface area contributed by atoms with Crippen molar-refractivity contribution in [2.24, 2.45) is 0 Å². The molecule has 0 bridgehead atoms. The second-order valence-corrected chi connectivity index (χ2v) is 8.88. The van der Waals surface area contributed by atoms with Crippen LogP contribution < -0.4 is 5.32 Å². The maximum Gasteiger partial charge on any atom is 0.276 e. The number of nitrogens with zero attached hydrogens (tertiary/aromatic N) is 4. The molecule has 160 valence electrons. The molecule has 1 heterocycles. The van der Waals surface area contributed by atoms with Gasteiger partial charge in [0.25, 0.3) is 5.91 Å². The smallest absolute Gasteiger partial charge is 0.276 e. The summed E-state index contributed by atoms with van der Waals surface area (Å²) in [6, 6.07) is 13.6. The van der Waals surface area contributed by atoms with Crippen molar-refractivity contribution < 1.29 is 9.59 Å². The van der Waals surface area contributed by atoms with Gasteiger partial charge in [-0.1, -0.05) is 39.3 Å². The second kappa shape index (κ2) is 8.63. The van der Waals surface area contributed by atoms with E-state index in [0.29, 0.717) is 5.69 Å². The summed E-state index contributed by atoms with van der Waals surface area (Å²) in [5.41, 5.74) is 4.73. The zero-order chi connectivity index (χ0) is 22.1. The van der Waals surface area contributed by atoms with Crippen LogP contribution in [0.4, 0.5) is 5.69 Å². The number of hydrogen-bond acceptors (Lipinski definition) is 4. The number of anilines is 1. The summed E-state index contributed by atoms with van der Waals surface area (Å²) >= 11 is 3.44. The summed E-state index contributed by atoms with van der Waals surface area (Å²) in [6.45, 7) is 3.82. The number of aromatic nitrogens is 3. The molecular weight excluding hydrogens is 458 g/mol. The highest BCUT2D eigenvalue weighted by atomic mass is 79.9. The topological polar surface area (TPSA) is 80.1 Å². The Morgan fingerprint density at radius 3 is 2.39 bits per heavy atom. The Kier molecular flexibility index (Phi) is 5.91. The van der Waals surface area contributed by atoms with Gasteiger partial charge in [0.2, 0.25) is 5.91 Å². The van der Waals surface area contributed by atoms with E-state index in [2.05, 4.69) is 31.6 Å². The number of carbonyl (C=O) groups excluding carboxylic acids is 2. The van der Waals surface area contributed by atoms with E-state index in [1.54, 1.807) is 11.7 Å². The molecule has 7 nitrogen and oxygen atoms in total. The second-order valence-electron chi connectivity index (χ2n) is 7.96. The van der Waals surface area contributed by atoms with Crippen molar-refractivity contribution in [3.63, 3.8) is 0 Å². The molecule has 1 aromatic heterocycles. The first kappa shape index (κ1) is 21.2. The molecule has 0 atom stereocenters. The summed E-state index contributed by atoms with van der Waals surface area (Å²) < 4.78 is 2.71. The zero-order valence-corrected chi connectivity index (χ0v) is 19.3. The van der Waals surface area contributed by atoms with Gasteiger partial charge in [0.1, 0.15) is 0 Å². The molecule has 0 aliphatic heterocycles. The molecule has 2 amide bonds. The third-order valence-electron chi connectivity index (χ3n) is 5.42. The molecule has 0 radical (unpaired) electrons. The molecular formula is C23H24BrN5O2. The largest absolute Gasteiger partial charge is 0.331 e. The van der Waals surface area contributed by atoms with Gasteiger partial charge >= 0.3 is 0 Å². The van der Waals surface area contributed by atoms with Gasteiger partial charge < -0.3 is 10.2 Å². The molecule has 1 aliphatic rings. The highest BCUT2D eigenvalue weighted by Crippen LogP contribution is 2.42. The predicted octanol–water partition coefficient (Wildman–Crippen LogP) is 4.23.